The summed E-state index contributed by atoms with van der Waals surface area (Å²) in [5.74, 6) is -0.694. The molecule has 2 aromatic heterocycles. The van der Waals surface area contributed by atoms with Crippen LogP contribution in [-0.4, -0.2) is 40.0 Å². The molecule has 0 bridgehead atoms. The molecular weight excluding hydrogens is 401 g/mol. The Kier molecular flexibility index (Phi) is 6.68. The lowest BCUT2D eigenvalue weighted by molar-refractivity contribution is -0.145. The van der Waals surface area contributed by atoms with Gasteiger partial charge in [-0.1, -0.05) is 20.8 Å². The molecule has 0 aliphatic carbocycles. The molecule has 0 saturated heterocycles. The highest BCUT2D eigenvalue weighted by Crippen LogP contribution is 2.38. The van der Waals surface area contributed by atoms with Crippen LogP contribution in [-0.2, 0) is 23.6 Å². The zero-order valence-corrected chi connectivity index (χ0v) is 18.5. The minimum Gasteiger partial charge on any atom is -0.412 e. The third kappa shape index (κ3) is 5.72. The first kappa shape index (κ1) is 23.2. The van der Waals surface area contributed by atoms with Gasteiger partial charge in [-0.05, 0) is 31.1 Å². The first-order chi connectivity index (χ1) is 13.2. The molecule has 0 aliphatic heterocycles. The van der Waals surface area contributed by atoms with Crippen molar-refractivity contribution in [3.63, 3.8) is 0 Å². The number of aromatic nitrogens is 4. The predicted octanol–water partition coefficient (Wildman–Crippen LogP) is 4.53. The van der Waals surface area contributed by atoms with Crippen LogP contribution in [0, 0.1) is 0 Å². The number of hydrogen-bond donors (Lipinski definition) is 0. The monoisotopic (exact) mass is 428 g/mol. The van der Waals surface area contributed by atoms with E-state index in [9.17, 15) is 18.0 Å². The lowest BCUT2D eigenvalue weighted by atomic mass is 10.1. The Morgan fingerprint density at radius 2 is 1.93 bits per heavy atom. The van der Waals surface area contributed by atoms with E-state index in [0.29, 0.717) is 5.69 Å². The molecule has 0 amide bonds. The molecule has 2 aromatic rings. The van der Waals surface area contributed by atoms with E-state index in [1.165, 1.54) is 18.6 Å². The fraction of sp³-hybridized carbons (Fsp3) is 0.579. The molecule has 2 rings (SSSR count). The quantitative estimate of drug-likeness (QED) is 0.479. The zero-order valence-electron chi connectivity index (χ0n) is 17.5. The van der Waals surface area contributed by atoms with Crippen LogP contribution in [0.15, 0.2) is 24.8 Å². The van der Waals surface area contributed by atoms with Gasteiger partial charge in [-0.3, -0.25) is 9.48 Å². The van der Waals surface area contributed by atoms with E-state index < -0.39 is 37.6 Å². The second kappa shape index (κ2) is 8.35. The molecule has 1 atom stereocenters. The molecule has 2 heterocycles. The highest BCUT2D eigenvalue weighted by Gasteiger charge is 2.42. The molecule has 0 fully saturated rings. The second-order valence-corrected chi connectivity index (χ2v) is 13.3. The van der Waals surface area contributed by atoms with Gasteiger partial charge < -0.3 is 4.43 Å². The van der Waals surface area contributed by atoms with Crippen molar-refractivity contribution in [2.24, 2.45) is 0 Å². The van der Waals surface area contributed by atoms with Crippen molar-refractivity contribution < 1.29 is 22.4 Å². The van der Waals surface area contributed by atoms with E-state index in [1.54, 1.807) is 6.92 Å². The van der Waals surface area contributed by atoms with Crippen LogP contribution in [0.4, 0.5) is 13.2 Å². The van der Waals surface area contributed by atoms with E-state index in [4.69, 9.17) is 4.43 Å². The molecule has 0 aromatic carbocycles. The SMILES string of the molecule is C[C@H](Cn1ncc(C(=O)Cc2ccncn2)c1C(F)(F)F)O[Si](C)(C)C(C)(C)C. The number of carbonyl (C=O) groups excluding carboxylic acids is 1. The standard InChI is InChI=1S/C19H27F3N4O2Si/c1-13(28-29(5,6)18(2,3)4)11-26-17(19(20,21)22)15(10-25-26)16(27)9-14-7-8-23-12-24-14/h7-8,10,12-13H,9,11H2,1-6H3/t13-/m1/s1. The molecule has 29 heavy (non-hydrogen) atoms. The third-order valence-corrected chi connectivity index (χ3v) is 9.73. The molecule has 0 spiro atoms. The van der Waals surface area contributed by atoms with Gasteiger partial charge >= 0.3 is 6.18 Å². The summed E-state index contributed by atoms with van der Waals surface area (Å²) >= 11 is 0. The number of Topliss-reactive ketones (excluding diaryl/α,β-unsaturated/α-hetero) is 1. The summed E-state index contributed by atoms with van der Waals surface area (Å²) in [7, 11) is -2.15. The summed E-state index contributed by atoms with van der Waals surface area (Å²) < 4.78 is 48.2. The predicted molar refractivity (Wildman–Crippen MR) is 105 cm³/mol. The van der Waals surface area contributed by atoms with E-state index >= 15 is 0 Å². The zero-order chi connectivity index (χ0) is 22.0. The first-order valence-electron chi connectivity index (χ1n) is 9.31. The van der Waals surface area contributed by atoms with Crippen LogP contribution in [0.1, 0.15) is 49.4 Å². The molecule has 10 heteroatoms. The average Bonchev–Trinajstić information content (AvgIpc) is 2.98. The fourth-order valence-corrected chi connectivity index (χ4v) is 4.10. The van der Waals surface area contributed by atoms with Gasteiger partial charge in [0.05, 0.1) is 36.5 Å². The minimum absolute atomic E-state index is 0.0725. The van der Waals surface area contributed by atoms with Gasteiger partial charge in [0.1, 0.15) is 6.33 Å². The van der Waals surface area contributed by atoms with Crippen molar-refractivity contribution in [3.8, 4) is 0 Å². The van der Waals surface area contributed by atoms with E-state index in [2.05, 4.69) is 35.8 Å². The molecule has 0 saturated carbocycles. The Bertz CT molecular complexity index is 845. The minimum atomic E-state index is -4.72. The Hall–Kier alpha value is -2.07. The van der Waals surface area contributed by atoms with Gasteiger partial charge in [0.15, 0.2) is 19.8 Å². The van der Waals surface area contributed by atoms with Crippen molar-refractivity contribution in [1.82, 2.24) is 19.7 Å². The van der Waals surface area contributed by atoms with Gasteiger partial charge in [-0.2, -0.15) is 18.3 Å². The Labute approximate surface area is 169 Å². The normalized spacial score (nSPS) is 14.1. The maximum Gasteiger partial charge on any atom is 0.433 e. The molecule has 0 N–H and O–H groups in total. The van der Waals surface area contributed by atoms with Gasteiger partial charge in [0, 0.05) is 6.20 Å². The Balaban J connectivity index is 2.26. The van der Waals surface area contributed by atoms with Crippen molar-refractivity contribution in [2.75, 3.05) is 0 Å². The van der Waals surface area contributed by atoms with Crippen LogP contribution >= 0.6 is 0 Å². The number of carbonyl (C=O) groups is 1. The summed E-state index contributed by atoms with van der Waals surface area (Å²) in [6, 6.07) is 1.49. The van der Waals surface area contributed by atoms with Crippen LogP contribution < -0.4 is 0 Å². The maximum absolute atomic E-state index is 13.7. The maximum atomic E-state index is 13.7. The van der Waals surface area contributed by atoms with Crippen molar-refractivity contribution >= 4 is 14.1 Å². The van der Waals surface area contributed by atoms with Gasteiger partial charge in [0.25, 0.3) is 0 Å². The van der Waals surface area contributed by atoms with Crippen LogP contribution in [0.25, 0.3) is 0 Å². The molecular formula is C19H27F3N4O2Si. The summed E-state index contributed by atoms with van der Waals surface area (Å²) in [4.78, 5) is 20.1. The smallest absolute Gasteiger partial charge is 0.412 e. The number of hydrogen-bond acceptors (Lipinski definition) is 5. The number of alkyl halides is 3. The fourth-order valence-electron chi connectivity index (χ4n) is 2.67. The Morgan fingerprint density at radius 1 is 1.28 bits per heavy atom. The molecule has 0 unspecified atom stereocenters. The van der Waals surface area contributed by atoms with Crippen LogP contribution in [0.2, 0.25) is 18.1 Å². The number of nitrogens with zero attached hydrogens (tertiary/aromatic N) is 4. The topological polar surface area (TPSA) is 69.9 Å². The summed E-state index contributed by atoms with van der Waals surface area (Å²) in [5, 5.41) is 3.78. The van der Waals surface area contributed by atoms with Crippen molar-refractivity contribution in [3.05, 3.63) is 41.7 Å². The summed E-state index contributed by atoms with van der Waals surface area (Å²) in [6.45, 7) is 11.9. The third-order valence-electron chi connectivity index (χ3n) is 5.13. The molecule has 0 aliphatic rings. The van der Waals surface area contributed by atoms with Gasteiger partial charge in [-0.15, -0.1) is 0 Å². The lowest BCUT2D eigenvalue weighted by Gasteiger charge is -2.38. The summed E-state index contributed by atoms with van der Waals surface area (Å²) in [5.41, 5.74) is -1.17. The largest absolute Gasteiger partial charge is 0.433 e. The molecule has 160 valence electrons. The van der Waals surface area contributed by atoms with E-state index in [-0.39, 0.29) is 18.0 Å². The van der Waals surface area contributed by atoms with Crippen LogP contribution in [0.3, 0.4) is 0 Å². The summed E-state index contributed by atoms with van der Waals surface area (Å²) in [6.07, 6.45) is -1.80. The van der Waals surface area contributed by atoms with Crippen molar-refractivity contribution in [1.29, 1.82) is 0 Å². The van der Waals surface area contributed by atoms with E-state index in [0.717, 1.165) is 10.9 Å². The average molecular weight is 429 g/mol. The van der Waals surface area contributed by atoms with Gasteiger partial charge in [0.2, 0.25) is 0 Å². The number of halogens is 3. The Morgan fingerprint density at radius 3 is 2.45 bits per heavy atom. The second-order valence-electron chi connectivity index (χ2n) is 8.58. The van der Waals surface area contributed by atoms with Crippen LogP contribution in [0.5, 0.6) is 0 Å². The van der Waals surface area contributed by atoms with Gasteiger partial charge in [-0.25, -0.2) is 9.97 Å². The molecule has 6 nitrogen and oxygen atoms in total. The highest BCUT2D eigenvalue weighted by atomic mass is 28.4. The van der Waals surface area contributed by atoms with Crippen molar-refractivity contribution in [2.45, 2.75) is 71.1 Å². The lowest BCUT2D eigenvalue weighted by Crippen LogP contribution is -2.44. The molecule has 0 radical (unpaired) electrons. The number of rotatable bonds is 7. The van der Waals surface area contributed by atoms with E-state index in [1.807, 2.05) is 13.1 Å². The highest BCUT2D eigenvalue weighted by molar-refractivity contribution is 6.74. The number of ketones is 1. The first-order valence-corrected chi connectivity index (χ1v) is 12.2.